The largest absolute Gasteiger partial charge is 0.268 e. The van der Waals surface area contributed by atoms with Crippen molar-refractivity contribution in [2.24, 2.45) is 0 Å². The van der Waals surface area contributed by atoms with E-state index in [9.17, 15) is 9.18 Å². The zero-order valence-electron chi connectivity index (χ0n) is 8.83. The van der Waals surface area contributed by atoms with Crippen LogP contribution in [0.3, 0.4) is 0 Å². The first-order valence-electron chi connectivity index (χ1n) is 4.95. The van der Waals surface area contributed by atoms with Gasteiger partial charge < -0.3 is 0 Å². The Morgan fingerprint density at radius 2 is 2.00 bits per heavy atom. The van der Waals surface area contributed by atoms with Crippen molar-refractivity contribution in [3.8, 4) is 0 Å². The second kappa shape index (κ2) is 4.26. The van der Waals surface area contributed by atoms with Crippen molar-refractivity contribution in [3.63, 3.8) is 0 Å². The van der Waals surface area contributed by atoms with Crippen LogP contribution in [0, 0.1) is 12.7 Å². The molecule has 0 spiro atoms. The average molecular weight is 218 g/mol. The number of rotatable bonds is 2. The first kappa shape index (κ1) is 10.5. The van der Waals surface area contributed by atoms with Crippen LogP contribution >= 0.6 is 0 Å². The highest BCUT2D eigenvalue weighted by Crippen LogP contribution is 2.07. The van der Waals surface area contributed by atoms with E-state index < -0.39 is 0 Å². The van der Waals surface area contributed by atoms with E-state index in [0.717, 1.165) is 11.3 Å². The molecular formula is C12H11FN2O. The van der Waals surface area contributed by atoms with Gasteiger partial charge in [-0.05, 0) is 30.7 Å². The van der Waals surface area contributed by atoms with Crippen molar-refractivity contribution < 1.29 is 4.39 Å². The van der Waals surface area contributed by atoms with Gasteiger partial charge in [0.25, 0.3) is 5.56 Å². The Bertz CT molecular complexity index is 546. The first-order chi connectivity index (χ1) is 7.65. The number of halogens is 1. The molecule has 4 heteroatoms. The summed E-state index contributed by atoms with van der Waals surface area (Å²) in [5.74, 6) is -0.274. The molecule has 0 atom stereocenters. The highest BCUT2D eigenvalue weighted by molar-refractivity contribution is 5.24. The molecule has 0 saturated heterocycles. The van der Waals surface area contributed by atoms with E-state index in [4.69, 9.17) is 0 Å². The maximum absolute atomic E-state index is 12.7. The minimum atomic E-state index is -0.274. The molecule has 1 N–H and O–H groups in total. The lowest BCUT2D eigenvalue weighted by Gasteiger charge is -2.01. The number of aromatic amines is 1. The highest BCUT2D eigenvalue weighted by atomic mass is 19.1. The summed E-state index contributed by atoms with van der Waals surface area (Å²) in [5.41, 5.74) is 2.10. The van der Waals surface area contributed by atoms with E-state index in [0.29, 0.717) is 12.0 Å². The Morgan fingerprint density at radius 3 is 2.69 bits per heavy atom. The summed E-state index contributed by atoms with van der Waals surface area (Å²) in [7, 11) is 0. The van der Waals surface area contributed by atoms with Gasteiger partial charge in [0.1, 0.15) is 5.82 Å². The summed E-state index contributed by atoms with van der Waals surface area (Å²) in [4.78, 5) is 11.5. The standard InChI is InChI=1S/C12H11FN2O/c1-8-6-10(12(16)15-14-8)7-9-2-4-11(13)5-3-9/h2-6H,7H2,1H3,(H,15,16). The summed E-state index contributed by atoms with van der Waals surface area (Å²) >= 11 is 0. The lowest BCUT2D eigenvalue weighted by atomic mass is 10.1. The van der Waals surface area contributed by atoms with E-state index in [-0.39, 0.29) is 11.4 Å². The van der Waals surface area contributed by atoms with Crippen molar-refractivity contribution in [1.82, 2.24) is 10.2 Å². The Kier molecular flexibility index (Phi) is 2.81. The van der Waals surface area contributed by atoms with Crippen molar-refractivity contribution in [2.75, 3.05) is 0 Å². The van der Waals surface area contributed by atoms with Gasteiger partial charge in [0.05, 0.1) is 5.69 Å². The van der Waals surface area contributed by atoms with Gasteiger partial charge in [0.2, 0.25) is 0 Å². The third kappa shape index (κ3) is 2.34. The molecule has 0 aliphatic rings. The maximum atomic E-state index is 12.7. The van der Waals surface area contributed by atoms with Crippen LogP contribution in [-0.4, -0.2) is 10.2 Å². The molecule has 82 valence electrons. The highest BCUT2D eigenvalue weighted by Gasteiger charge is 2.02. The van der Waals surface area contributed by atoms with Crippen molar-refractivity contribution in [2.45, 2.75) is 13.3 Å². The van der Waals surface area contributed by atoms with Crippen LogP contribution in [0.5, 0.6) is 0 Å². The molecule has 0 aliphatic carbocycles. The van der Waals surface area contributed by atoms with Crippen LogP contribution in [0.2, 0.25) is 0 Å². The molecule has 0 radical (unpaired) electrons. The number of nitrogens with one attached hydrogen (secondary N) is 1. The fourth-order valence-electron chi connectivity index (χ4n) is 1.51. The quantitative estimate of drug-likeness (QED) is 0.835. The number of hydrogen-bond acceptors (Lipinski definition) is 2. The van der Waals surface area contributed by atoms with E-state index in [1.165, 1.54) is 12.1 Å². The fraction of sp³-hybridized carbons (Fsp3) is 0.167. The molecule has 0 aliphatic heterocycles. The van der Waals surface area contributed by atoms with Crippen molar-refractivity contribution in [1.29, 1.82) is 0 Å². The second-order valence-electron chi connectivity index (χ2n) is 3.67. The topological polar surface area (TPSA) is 45.8 Å². The normalized spacial score (nSPS) is 10.4. The number of aromatic nitrogens is 2. The van der Waals surface area contributed by atoms with Crippen LogP contribution in [0.1, 0.15) is 16.8 Å². The Labute approximate surface area is 92.0 Å². The average Bonchev–Trinajstić information content (AvgIpc) is 2.27. The summed E-state index contributed by atoms with van der Waals surface area (Å²) in [6.45, 7) is 1.81. The lowest BCUT2D eigenvalue weighted by molar-refractivity contribution is 0.627. The van der Waals surface area contributed by atoms with Gasteiger partial charge in [-0.3, -0.25) is 4.79 Å². The third-order valence-corrected chi connectivity index (χ3v) is 2.32. The molecule has 0 bridgehead atoms. The number of H-pyrrole nitrogens is 1. The van der Waals surface area contributed by atoms with Gasteiger partial charge in [-0.15, -0.1) is 0 Å². The van der Waals surface area contributed by atoms with Crippen LogP contribution in [-0.2, 0) is 6.42 Å². The van der Waals surface area contributed by atoms with Gasteiger partial charge in [-0.1, -0.05) is 12.1 Å². The van der Waals surface area contributed by atoms with Crippen LogP contribution in [0.15, 0.2) is 35.1 Å². The molecule has 0 saturated carbocycles. The number of hydrogen-bond donors (Lipinski definition) is 1. The summed E-state index contributed by atoms with van der Waals surface area (Å²) in [6, 6.07) is 7.85. The van der Waals surface area contributed by atoms with Gasteiger partial charge in [-0.25, -0.2) is 9.49 Å². The fourth-order valence-corrected chi connectivity index (χ4v) is 1.51. The van der Waals surface area contributed by atoms with Crippen molar-refractivity contribution in [3.05, 3.63) is 63.3 Å². The molecule has 16 heavy (non-hydrogen) atoms. The van der Waals surface area contributed by atoms with Gasteiger partial charge >= 0.3 is 0 Å². The minimum Gasteiger partial charge on any atom is -0.268 e. The SMILES string of the molecule is Cc1cc(Cc2ccc(F)cc2)c(=O)[nH]n1. The van der Waals surface area contributed by atoms with E-state index >= 15 is 0 Å². The van der Waals surface area contributed by atoms with Gasteiger partial charge in [0, 0.05) is 12.0 Å². The molecule has 1 heterocycles. The Hall–Kier alpha value is -1.97. The zero-order valence-corrected chi connectivity index (χ0v) is 8.83. The smallest absolute Gasteiger partial charge is 0.267 e. The van der Waals surface area contributed by atoms with Gasteiger partial charge in [0.15, 0.2) is 0 Å². The molecule has 0 fully saturated rings. The molecular weight excluding hydrogens is 207 g/mol. The van der Waals surface area contributed by atoms with Crippen LogP contribution in [0.25, 0.3) is 0 Å². The maximum Gasteiger partial charge on any atom is 0.267 e. The molecule has 2 aromatic rings. The van der Waals surface area contributed by atoms with Crippen molar-refractivity contribution >= 4 is 0 Å². The first-order valence-corrected chi connectivity index (χ1v) is 4.95. The number of nitrogens with zero attached hydrogens (tertiary/aromatic N) is 1. The number of aryl methyl sites for hydroxylation is 1. The predicted molar refractivity (Wildman–Crippen MR) is 58.8 cm³/mol. The van der Waals surface area contributed by atoms with E-state index in [1.807, 2.05) is 6.92 Å². The molecule has 3 nitrogen and oxygen atoms in total. The Balaban J connectivity index is 2.30. The molecule has 0 amide bonds. The summed E-state index contributed by atoms with van der Waals surface area (Å²) in [6.07, 6.45) is 0.485. The van der Waals surface area contributed by atoms with Crippen LogP contribution in [0.4, 0.5) is 4.39 Å². The predicted octanol–water partition coefficient (Wildman–Crippen LogP) is 1.81. The monoisotopic (exact) mass is 218 g/mol. The van der Waals surface area contributed by atoms with E-state index in [2.05, 4.69) is 10.2 Å². The summed E-state index contributed by atoms with van der Waals surface area (Å²) < 4.78 is 12.7. The second-order valence-corrected chi connectivity index (χ2v) is 3.67. The summed E-state index contributed by atoms with van der Waals surface area (Å²) in [5, 5.41) is 6.22. The molecule has 0 unspecified atom stereocenters. The van der Waals surface area contributed by atoms with Crippen LogP contribution < -0.4 is 5.56 Å². The minimum absolute atomic E-state index is 0.199. The number of benzene rings is 1. The molecule has 1 aromatic heterocycles. The Morgan fingerprint density at radius 1 is 1.31 bits per heavy atom. The lowest BCUT2D eigenvalue weighted by Crippen LogP contribution is -2.15. The zero-order chi connectivity index (χ0) is 11.5. The van der Waals surface area contributed by atoms with E-state index in [1.54, 1.807) is 18.2 Å². The third-order valence-electron chi connectivity index (χ3n) is 2.32. The molecule has 1 aromatic carbocycles. The molecule has 2 rings (SSSR count). The van der Waals surface area contributed by atoms with Gasteiger partial charge in [-0.2, -0.15) is 5.10 Å².